The summed E-state index contributed by atoms with van der Waals surface area (Å²) in [5, 5.41) is 2.60. The van der Waals surface area contributed by atoms with E-state index >= 15 is 0 Å². The molecule has 1 unspecified atom stereocenters. The van der Waals surface area contributed by atoms with Crippen LogP contribution in [0.3, 0.4) is 0 Å². The molecule has 0 saturated carbocycles. The second-order valence-corrected chi connectivity index (χ2v) is 14.6. The van der Waals surface area contributed by atoms with Gasteiger partial charge in [-0.05, 0) is 49.9 Å². The lowest BCUT2D eigenvalue weighted by molar-refractivity contribution is -0.155. The Morgan fingerprint density at radius 2 is 1.92 bits per heavy atom. The highest BCUT2D eigenvalue weighted by Crippen LogP contribution is 2.55. The molecule has 1 aromatic heterocycles. The van der Waals surface area contributed by atoms with Crippen LogP contribution in [0, 0.1) is 6.92 Å². The van der Waals surface area contributed by atoms with E-state index in [-0.39, 0.29) is 25.0 Å². The van der Waals surface area contributed by atoms with Crippen LogP contribution in [0.15, 0.2) is 69.3 Å². The molecule has 262 valence electrons. The number of phosphoric acid groups is 1. The summed E-state index contributed by atoms with van der Waals surface area (Å²) in [5.41, 5.74) is 0.129. The first-order valence-corrected chi connectivity index (χ1v) is 17.8. The normalized spacial score (nSPS) is 22.6. The molecule has 2 aliphatic heterocycles. The first-order chi connectivity index (χ1) is 23.2. The smallest absolute Gasteiger partial charge is 0.458 e. The quantitative estimate of drug-likeness (QED) is 0.203. The third kappa shape index (κ3) is 9.37. The zero-order valence-corrected chi connectivity index (χ0v) is 29.7. The molecule has 5 atom stereocenters. The number of halogens is 1. The van der Waals surface area contributed by atoms with Crippen molar-refractivity contribution in [2.24, 2.45) is 0 Å². The van der Waals surface area contributed by atoms with Crippen molar-refractivity contribution < 1.29 is 41.9 Å². The fourth-order valence-corrected chi connectivity index (χ4v) is 6.82. The van der Waals surface area contributed by atoms with Gasteiger partial charge in [0.25, 0.3) is 5.56 Å². The number of rotatable bonds is 10. The number of carbonyl (C=O) groups excluding carboxylic acids is 2. The Labute approximate surface area is 290 Å². The van der Waals surface area contributed by atoms with Crippen LogP contribution in [0.4, 0.5) is 4.79 Å². The van der Waals surface area contributed by atoms with Crippen molar-refractivity contribution in [2.45, 2.75) is 77.2 Å². The van der Waals surface area contributed by atoms with Gasteiger partial charge in [-0.15, -0.1) is 0 Å². The molecule has 3 heterocycles. The highest BCUT2D eigenvalue weighted by Gasteiger charge is 2.44. The van der Waals surface area contributed by atoms with E-state index in [4.69, 9.17) is 27.8 Å². The van der Waals surface area contributed by atoms with E-state index in [0.717, 1.165) is 15.7 Å². The van der Waals surface area contributed by atoms with Crippen molar-refractivity contribution in [2.75, 3.05) is 6.61 Å². The van der Waals surface area contributed by atoms with Gasteiger partial charge in [-0.1, -0.05) is 64.5 Å². The molecular formula is C33H37BrN3O11P. The van der Waals surface area contributed by atoms with Gasteiger partial charge in [-0.3, -0.25) is 23.4 Å². The number of esters is 1. The number of nitrogens with one attached hydrogen (secondary N) is 2. The number of hydrogen-bond donors (Lipinski definition) is 2. The molecule has 49 heavy (non-hydrogen) atoms. The number of para-hydroxylation sites is 1. The summed E-state index contributed by atoms with van der Waals surface area (Å²) in [6.07, 6.45) is -1.26. The molecule has 14 nitrogen and oxygen atoms in total. The fourth-order valence-electron chi connectivity index (χ4n) is 5.24. The van der Waals surface area contributed by atoms with Crippen LogP contribution in [0.2, 0.25) is 0 Å². The molecule has 1 fully saturated rings. The second-order valence-electron chi connectivity index (χ2n) is 12.4. The SMILES string of the molecule is Cc1cccc2c1OP(=O)(OC[C@H]1O[C@@H](n3cc(/C=C/Br)c(=O)[nH]c3=O)C[C@@H]1OC(=O)[C@H](Cc1ccccc1)NC(=O)OC(C)(C)C)OC2. The first-order valence-electron chi connectivity index (χ1n) is 15.4. The third-order valence-electron chi connectivity index (χ3n) is 7.53. The largest absolute Gasteiger partial charge is 0.530 e. The number of aromatic nitrogens is 2. The maximum atomic E-state index is 13.8. The molecule has 0 aliphatic carbocycles. The Bertz CT molecular complexity index is 1870. The molecule has 3 aromatic rings. The molecule has 1 saturated heterocycles. The lowest BCUT2D eigenvalue weighted by Crippen LogP contribution is -2.47. The maximum Gasteiger partial charge on any atom is 0.530 e. The monoisotopic (exact) mass is 761 g/mol. The number of aryl methyl sites for hydroxylation is 1. The zero-order chi connectivity index (χ0) is 35.3. The minimum Gasteiger partial charge on any atom is -0.458 e. The van der Waals surface area contributed by atoms with Crippen LogP contribution >= 0.6 is 23.8 Å². The summed E-state index contributed by atoms with van der Waals surface area (Å²) in [7, 11) is -4.14. The zero-order valence-electron chi connectivity index (χ0n) is 27.3. The topological polar surface area (TPSA) is 173 Å². The summed E-state index contributed by atoms with van der Waals surface area (Å²) >= 11 is 3.13. The summed E-state index contributed by atoms with van der Waals surface area (Å²) in [4.78, 5) is 55.4. The minimum atomic E-state index is -4.14. The van der Waals surface area contributed by atoms with Crippen molar-refractivity contribution in [1.29, 1.82) is 0 Å². The van der Waals surface area contributed by atoms with Gasteiger partial charge in [0.2, 0.25) is 0 Å². The predicted octanol–water partition coefficient (Wildman–Crippen LogP) is 5.28. The van der Waals surface area contributed by atoms with Gasteiger partial charge < -0.3 is 24.1 Å². The molecule has 5 rings (SSSR count). The number of H-pyrrole nitrogens is 1. The number of alkyl carbamates (subject to hydrolysis) is 1. The summed E-state index contributed by atoms with van der Waals surface area (Å²) in [5.74, 6) is -0.429. The van der Waals surface area contributed by atoms with Gasteiger partial charge in [0, 0.05) is 24.6 Å². The standard InChI is InChI=1S/C33H37BrN3O11P/c1-20-9-8-12-23-18-43-49(42,48-28(20)23)44-19-26-25(16-27(45-26)37-17-22(13-14-34)29(38)36-31(37)40)46-30(39)24(15-21-10-6-5-7-11-21)35-32(41)47-33(2,3)4/h5-14,17,24-27H,15-16,18-19H2,1-4H3,(H,35,41)(H,36,38,40)/b14-13+/t24-,25-,26+,27+,49?/m0/s1. The fraction of sp³-hybridized carbons (Fsp3) is 0.394. The molecule has 16 heteroatoms. The van der Waals surface area contributed by atoms with Crippen molar-refractivity contribution in [1.82, 2.24) is 14.9 Å². The van der Waals surface area contributed by atoms with E-state index in [9.17, 15) is 23.7 Å². The number of nitrogens with zero attached hydrogens (tertiary/aromatic N) is 1. The molecule has 1 amide bonds. The molecule has 0 bridgehead atoms. The second kappa shape index (κ2) is 15.3. The molecular weight excluding hydrogens is 725 g/mol. The number of carbonyl (C=O) groups is 2. The van der Waals surface area contributed by atoms with Crippen molar-refractivity contribution in [3.63, 3.8) is 0 Å². The number of ether oxygens (including phenoxy) is 3. The summed E-state index contributed by atoms with van der Waals surface area (Å²) < 4.78 is 49.0. The number of phosphoric ester groups is 1. The van der Waals surface area contributed by atoms with Gasteiger partial charge >= 0.3 is 25.6 Å². The van der Waals surface area contributed by atoms with Gasteiger partial charge in [0.05, 0.1) is 18.8 Å². The number of hydrogen-bond acceptors (Lipinski definition) is 11. The van der Waals surface area contributed by atoms with E-state index < -0.39 is 67.8 Å². The van der Waals surface area contributed by atoms with Crippen molar-refractivity contribution >= 4 is 41.9 Å². The Morgan fingerprint density at radius 3 is 2.63 bits per heavy atom. The molecule has 0 radical (unpaired) electrons. The Kier molecular flexibility index (Phi) is 11.3. The molecule has 0 spiro atoms. The minimum absolute atomic E-state index is 0.0189. The lowest BCUT2D eigenvalue weighted by Gasteiger charge is -2.28. The highest BCUT2D eigenvalue weighted by molar-refractivity contribution is 9.11. The van der Waals surface area contributed by atoms with E-state index in [1.54, 1.807) is 64.1 Å². The van der Waals surface area contributed by atoms with E-state index in [2.05, 4.69) is 26.2 Å². The average Bonchev–Trinajstić information content (AvgIpc) is 3.43. The van der Waals surface area contributed by atoms with Crippen molar-refractivity contribution in [3.8, 4) is 5.75 Å². The van der Waals surface area contributed by atoms with Crippen LogP contribution in [0.1, 0.15) is 55.7 Å². The van der Waals surface area contributed by atoms with Gasteiger partial charge in [0.15, 0.2) is 0 Å². The Balaban J connectivity index is 1.40. The van der Waals surface area contributed by atoms with Crippen LogP contribution in [-0.2, 0) is 45.6 Å². The number of benzene rings is 2. The van der Waals surface area contributed by atoms with E-state index in [1.807, 2.05) is 12.1 Å². The van der Waals surface area contributed by atoms with E-state index in [1.165, 1.54) is 17.3 Å². The number of amides is 1. The Hall–Kier alpha value is -4.01. The lowest BCUT2D eigenvalue weighted by atomic mass is 10.1. The molecule has 2 N–H and O–H groups in total. The first kappa shape index (κ1) is 36.3. The van der Waals surface area contributed by atoms with Crippen molar-refractivity contribution in [3.05, 3.63) is 103 Å². The summed E-state index contributed by atoms with van der Waals surface area (Å²) in [6.45, 7) is 6.44. The van der Waals surface area contributed by atoms with Crippen LogP contribution in [0.25, 0.3) is 6.08 Å². The number of aromatic amines is 1. The van der Waals surface area contributed by atoms with Gasteiger partial charge in [0.1, 0.15) is 35.8 Å². The predicted molar refractivity (Wildman–Crippen MR) is 181 cm³/mol. The van der Waals surface area contributed by atoms with Gasteiger partial charge in [-0.25, -0.2) is 18.9 Å². The molecule has 2 aromatic carbocycles. The highest BCUT2D eigenvalue weighted by atomic mass is 79.9. The average molecular weight is 763 g/mol. The summed E-state index contributed by atoms with van der Waals surface area (Å²) in [6, 6.07) is 13.2. The third-order valence-corrected chi connectivity index (χ3v) is 9.11. The Morgan fingerprint density at radius 1 is 1.16 bits per heavy atom. The van der Waals surface area contributed by atoms with Crippen LogP contribution in [0.5, 0.6) is 5.75 Å². The van der Waals surface area contributed by atoms with E-state index in [0.29, 0.717) is 11.3 Å². The van der Waals surface area contributed by atoms with Crippen LogP contribution < -0.4 is 21.1 Å². The van der Waals surface area contributed by atoms with Gasteiger partial charge in [-0.2, -0.15) is 0 Å². The van der Waals surface area contributed by atoms with Crippen LogP contribution in [-0.4, -0.2) is 52.1 Å². The molecule has 2 aliphatic rings. The maximum absolute atomic E-state index is 13.8. The number of fused-ring (bicyclic) bond motifs is 1.